The van der Waals surface area contributed by atoms with Crippen molar-refractivity contribution >= 4 is 46.6 Å². The van der Waals surface area contributed by atoms with E-state index in [1.807, 2.05) is 55.5 Å². The molecule has 0 radical (unpaired) electrons. The fourth-order valence-electron chi connectivity index (χ4n) is 3.26. The van der Waals surface area contributed by atoms with E-state index in [0.717, 1.165) is 16.8 Å². The predicted molar refractivity (Wildman–Crippen MR) is 120 cm³/mol. The fourth-order valence-corrected chi connectivity index (χ4v) is 4.60. The number of amides is 2. The van der Waals surface area contributed by atoms with E-state index >= 15 is 0 Å². The third kappa shape index (κ3) is 4.16. The van der Waals surface area contributed by atoms with Crippen molar-refractivity contribution in [3.63, 3.8) is 0 Å². The third-order valence-corrected chi connectivity index (χ3v) is 6.21. The van der Waals surface area contributed by atoms with Gasteiger partial charge in [-0.15, -0.1) is 11.8 Å². The molecule has 1 aliphatic rings. The second-order valence-electron chi connectivity index (χ2n) is 6.81. The molecule has 0 bridgehead atoms. The second-order valence-corrected chi connectivity index (χ2v) is 8.32. The Morgan fingerprint density at radius 1 is 1.03 bits per heavy atom. The quantitative estimate of drug-likeness (QED) is 0.588. The van der Waals surface area contributed by atoms with Gasteiger partial charge in [0.25, 0.3) is 5.91 Å². The number of thioether (sulfide) groups is 1. The van der Waals surface area contributed by atoms with Crippen molar-refractivity contribution in [2.45, 2.75) is 12.3 Å². The molecule has 2 amide bonds. The van der Waals surface area contributed by atoms with Gasteiger partial charge in [-0.25, -0.2) is 0 Å². The summed E-state index contributed by atoms with van der Waals surface area (Å²) in [6.45, 7) is 2.02. The molecule has 29 heavy (non-hydrogen) atoms. The average Bonchev–Trinajstić information content (AvgIpc) is 3.11. The van der Waals surface area contributed by atoms with E-state index in [1.165, 1.54) is 0 Å². The zero-order valence-corrected chi connectivity index (χ0v) is 17.3. The van der Waals surface area contributed by atoms with Gasteiger partial charge in [-0.3, -0.25) is 14.5 Å². The van der Waals surface area contributed by atoms with Gasteiger partial charge in [-0.2, -0.15) is 0 Å². The van der Waals surface area contributed by atoms with Gasteiger partial charge in [-0.1, -0.05) is 47.5 Å². The van der Waals surface area contributed by atoms with Crippen molar-refractivity contribution in [1.82, 2.24) is 0 Å². The number of anilines is 2. The smallest absolute Gasteiger partial charge is 0.255 e. The first kappa shape index (κ1) is 19.6. The topological polar surface area (TPSA) is 49.4 Å². The van der Waals surface area contributed by atoms with Crippen molar-refractivity contribution in [2.24, 2.45) is 0 Å². The molecule has 1 saturated heterocycles. The van der Waals surface area contributed by atoms with Crippen LogP contribution in [0.25, 0.3) is 0 Å². The van der Waals surface area contributed by atoms with Crippen LogP contribution in [-0.2, 0) is 4.79 Å². The molecule has 1 N–H and O–H groups in total. The lowest BCUT2D eigenvalue weighted by molar-refractivity contribution is -0.115. The standard InChI is InChI=1S/C23H19ClN2O2S/c1-15-6-12-18(13-7-15)26-21(27)14-29-23(26)19-4-2-3-5-20(19)25-22(28)16-8-10-17(24)11-9-16/h2-13,23H,14H2,1H3,(H,25,28)/t23-/m1/s1. The number of benzene rings is 3. The molecule has 3 aromatic carbocycles. The average molecular weight is 423 g/mol. The van der Waals surface area contributed by atoms with Crippen LogP contribution in [0.3, 0.4) is 0 Å². The zero-order valence-electron chi connectivity index (χ0n) is 15.8. The SMILES string of the molecule is Cc1ccc(N2C(=O)CS[C@@H]2c2ccccc2NC(=O)c2ccc(Cl)cc2)cc1. The van der Waals surface area contributed by atoms with Crippen molar-refractivity contribution in [3.8, 4) is 0 Å². The van der Waals surface area contributed by atoms with Crippen LogP contribution in [0, 0.1) is 6.92 Å². The number of hydrogen-bond acceptors (Lipinski definition) is 3. The minimum Gasteiger partial charge on any atom is -0.322 e. The molecule has 4 rings (SSSR count). The summed E-state index contributed by atoms with van der Waals surface area (Å²) in [4.78, 5) is 27.1. The van der Waals surface area contributed by atoms with Crippen molar-refractivity contribution in [2.75, 3.05) is 16.0 Å². The van der Waals surface area contributed by atoms with E-state index in [1.54, 1.807) is 40.9 Å². The van der Waals surface area contributed by atoms with Gasteiger partial charge in [0.15, 0.2) is 0 Å². The Balaban J connectivity index is 1.65. The van der Waals surface area contributed by atoms with Crippen LogP contribution >= 0.6 is 23.4 Å². The van der Waals surface area contributed by atoms with Crippen molar-refractivity contribution in [3.05, 3.63) is 94.5 Å². The minimum absolute atomic E-state index is 0.0580. The van der Waals surface area contributed by atoms with Gasteiger partial charge < -0.3 is 5.32 Å². The molecule has 1 atom stereocenters. The second kappa shape index (κ2) is 8.31. The normalized spacial score (nSPS) is 16.1. The summed E-state index contributed by atoms with van der Waals surface area (Å²) in [5.41, 5.74) is 4.10. The predicted octanol–water partition coefficient (Wildman–Crippen LogP) is 5.68. The number of halogens is 1. The molecule has 1 aliphatic heterocycles. The molecular weight excluding hydrogens is 404 g/mol. The van der Waals surface area contributed by atoms with Crippen LogP contribution in [0.4, 0.5) is 11.4 Å². The number of carbonyl (C=O) groups excluding carboxylic acids is 2. The zero-order chi connectivity index (χ0) is 20.4. The lowest BCUT2D eigenvalue weighted by Gasteiger charge is -2.26. The Morgan fingerprint density at radius 3 is 2.45 bits per heavy atom. The number of hydrogen-bond donors (Lipinski definition) is 1. The highest BCUT2D eigenvalue weighted by Crippen LogP contribution is 2.44. The molecule has 0 saturated carbocycles. The highest BCUT2D eigenvalue weighted by Gasteiger charge is 2.35. The van der Waals surface area contributed by atoms with Crippen LogP contribution in [0.15, 0.2) is 72.8 Å². The highest BCUT2D eigenvalue weighted by atomic mass is 35.5. The first-order chi connectivity index (χ1) is 14.0. The maximum absolute atomic E-state index is 12.7. The van der Waals surface area contributed by atoms with Crippen molar-refractivity contribution < 1.29 is 9.59 Å². The van der Waals surface area contributed by atoms with E-state index in [0.29, 0.717) is 22.0 Å². The minimum atomic E-state index is -0.217. The van der Waals surface area contributed by atoms with Crippen molar-refractivity contribution in [1.29, 1.82) is 0 Å². The fraction of sp³-hybridized carbons (Fsp3) is 0.130. The van der Waals surface area contributed by atoms with Gasteiger partial charge in [0.2, 0.25) is 5.91 Å². The molecule has 0 aliphatic carbocycles. The van der Waals surface area contributed by atoms with Gasteiger partial charge >= 0.3 is 0 Å². The Labute approximate surface area is 178 Å². The molecule has 0 aromatic heterocycles. The number of para-hydroxylation sites is 1. The van der Waals surface area contributed by atoms with Gasteiger partial charge in [-0.05, 0) is 49.4 Å². The van der Waals surface area contributed by atoms with Gasteiger partial charge in [0.1, 0.15) is 5.37 Å². The highest BCUT2D eigenvalue weighted by molar-refractivity contribution is 8.00. The summed E-state index contributed by atoms with van der Waals surface area (Å²) in [5, 5.41) is 3.36. The summed E-state index contributed by atoms with van der Waals surface area (Å²) in [7, 11) is 0. The van der Waals surface area contributed by atoms with Crippen LogP contribution in [0.1, 0.15) is 26.9 Å². The van der Waals surface area contributed by atoms with E-state index in [9.17, 15) is 9.59 Å². The third-order valence-electron chi connectivity index (χ3n) is 4.76. The van der Waals surface area contributed by atoms with Crippen LogP contribution in [0.5, 0.6) is 0 Å². The number of nitrogens with one attached hydrogen (secondary N) is 1. The Kier molecular flexibility index (Phi) is 5.60. The van der Waals surface area contributed by atoms with E-state index in [2.05, 4.69) is 5.32 Å². The first-order valence-electron chi connectivity index (χ1n) is 9.19. The monoisotopic (exact) mass is 422 g/mol. The number of aryl methyl sites for hydroxylation is 1. The molecule has 1 heterocycles. The lowest BCUT2D eigenvalue weighted by Crippen LogP contribution is -2.28. The first-order valence-corrected chi connectivity index (χ1v) is 10.6. The van der Waals surface area contributed by atoms with E-state index in [-0.39, 0.29) is 17.2 Å². The maximum atomic E-state index is 12.7. The van der Waals surface area contributed by atoms with Gasteiger partial charge in [0.05, 0.1) is 5.75 Å². The molecule has 6 heteroatoms. The summed E-state index contributed by atoms with van der Waals surface area (Å²) < 4.78 is 0. The summed E-state index contributed by atoms with van der Waals surface area (Å²) in [6.07, 6.45) is 0. The van der Waals surface area contributed by atoms with E-state index in [4.69, 9.17) is 11.6 Å². The maximum Gasteiger partial charge on any atom is 0.255 e. The Hall–Kier alpha value is -2.76. The van der Waals surface area contributed by atoms with Crippen LogP contribution in [-0.4, -0.2) is 17.6 Å². The Morgan fingerprint density at radius 2 is 1.72 bits per heavy atom. The lowest BCUT2D eigenvalue weighted by atomic mass is 10.1. The molecule has 146 valence electrons. The summed E-state index contributed by atoms with van der Waals surface area (Å²) >= 11 is 7.47. The largest absolute Gasteiger partial charge is 0.322 e. The van der Waals surface area contributed by atoms with E-state index < -0.39 is 0 Å². The number of carbonyl (C=O) groups is 2. The van der Waals surface area contributed by atoms with Crippen LogP contribution < -0.4 is 10.2 Å². The Bertz CT molecular complexity index is 1050. The van der Waals surface area contributed by atoms with Gasteiger partial charge in [0, 0.05) is 27.5 Å². The molecule has 4 nitrogen and oxygen atoms in total. The summed E-state index contributed by atoms with van der Waals surface area (Å²) in [5.74, 6) is 0.242. The molecule has 0 unspecified atom stereocenters. The number of nitrogens with zero attached hydrogens (tertiary/aromatic N) is 1. The van der Waals surface area contributed by atoms with Crippen LogP contribution in [0.2, 0.25) is 5.02 Å². The number of rotatable bonds is 4. The molecule has 1 fully saturated rings. The molecule has 3 aromatic rings. The molecular formula is C23H19ClN2O2S. The summed E-state index contributed by atoms with van der Waals surface area (Å²) in [6, 6.07) is 22.3. The molecule has 0 spiro atoms.